The molecule has 2 amide bonds. The van der Waals surface area contributed by atoms with Gasteiger partial charge in [0.25, 0.3) is 5.69 Å². The summed E-state index contributed by atoms with van der Waals surface area (Å²) in [7, 11) is 0. The molecule has 1 N–H and O–H groups in total. The molecule has 0 radical (unpaired) electrons. The lowest BCUT2D eigenvalue weighted by Gasteiger charge is -2.51. The number of carbonyl (C=O) groups excluding carboxylic acids is 2. The number of imide groups is 1. The van der Waals surface area contributed by atoms with Gasteiger partial charge in [-0.3, -0.25) is 19.7 Å². The fourth-order valence-electron chi connectivity index (χ4n) is 5.73. The molecule has 1 saturated heterocycles. The molecule has 1 aliphatic heterocycles. The first-order chi connectivity index (χ1) is 14.9. The number of nitro groups is 1. The largest absolute Gasteiger partial charge is 0.379 e. The average Bonchev–Trinajstić information content (AvgIpc) is 3.06. The van der Waals surface area contributed by atoms with Gasteiger partial charge in [-0.25, -0.2) is 4.90 Å². The van der Waals surface area contributed by atoms with Crippen molar-refractivity contribution in [3.05, 3.63) is 105 Å². The molecule has 7 rings (SSSR count). The maximum atomic E-state index is 13.6. The van der Waals surface area contributed by atoms with Crippen LogP contribution in [-0.2, 0) is 15.2 Å². The Morgan fingerprint density at radius 1 is 0.871 bits per heavy atom. The lowest BCUT2D eigenvalue weighted by atomic mass is 9.52. The van der Waals surface area contributed by atoms with Crippen LogP contribution >= 0.6 is 0 Å². The number of hydrogen-bond acceptors (Lipinski definition) is 5. The lowest BCUT2D eigenvalue weighted by molar-refractivity contribution is -0.384. The van der Waals surface area contributed by atoms with Crippen molar-refractivity contribution in [2.24, 2.45) is 11.8 Å². The highest BCUT2D eigenvalue weighted by Gasteiger charge is 2.68. The Kier molecular flexibility index (Phi) is 3.40. The van der Waals surface area contributed by atoms with Crippen molar-refractivity contribution in [1.82, 2.24) is 0 Å². The van der Waals surface area contributed by atoms with Gasteiger partial charge >= 0.3 is 0 Å². The fraction of sp³-hybridized carbons (Fsp3) is 0.167. The predicted molar refractivity (Wildman–Crippen MR) is 110 cm³/mol. The molecule has 4 aliphatic rings. The molecule has 2 bridgehead atoms. The van der Waals surface area contributed by atoms with Crippen molar-refractivity contribution in [1.29, 1.82) is 0 Å². The van der Waals surface area contributed by atoms with Crippen molar-refractivity contribution >= 4 is 23.2 Å². The van der Waals surface area contributed by atoms with Crippen LogP contribution in [0.4, 0.5) is 11.4 Å². The van der Waals surface area contributed by atoms with E-state index in [2.05, 4.69) is 0 Å². The Morgan fingerprint density at radius 3 is 2.10 bits per heavy atom. The van der Waals surface area contributed by atoms with E-state index in [0.29, 0.717) is 11.1 Å². The number of non-ortho nitro benzene ring substituents is 1. The summed E-state index contributed by atoms with van der Waals surface area (Å²) in [5.74, 6) is -3.11. The highest BCUT2D eigenvalue weighted by Crippen LogP contribution is 2.63. The van der Waals surface area contributed by atoms with E-state index in [-0.39, 0.29) is 17.3 Å². The molecule has 31 heavy (non-hydrogen) atoms. The van der Waals surface area contributed by atoms with E-state index in [1.165, 1.54) is 24.3 Å². The van der Waals surface area contributed by atoms with Crippen LogP contribution in [0.25, 0.3) is 0 Å². The molecule has 0 aromatic heterocycles. The normalized spacial score (nSPS) is 27.6. The standard InChI is InChI=1S/C24H16N2O5/c27-22-20-19-15-8-1-3-10-17(15)24(29,18-11-4-2-9-16(18)19)21(20)23(28)25(22)13-6-5-7-14(12-13)26(30)31/h1-12,19-21,29H. The third-order valence-electron chi connectivity index (χ3n) is 6.87. The van der Waals surface area contributed by atoms with Crippen LogP contribution in [0.15, 0.2) is 72.8 Å². The summed E-state index contributed by atoms with van der Waals surface area (Å²) in [4.78, 5) is 38.9. The Morgan fingerprint density at radius 2 is 1.48 bits per heavy atom. The van der Waals surface area contributed by atoms with Gasteiger partial charge in [0, 0.05) is 18.1 Å². The monoisotopic (exact) mass is 412 g/mol. The second kappa shape index (κ2) is 5.86. The summed E-state index contributed by atoms with van der Waals surface area (Å²) in [6, 6.07) is 20.2. The Balaban J connectivity index is 1.58. The van der Waals surface area contributed by atoms with Gasteiger partial charge in [-0.1, -0.05) is 54.6 Å². The first kappa shape index (κ1) is 18.0. The zero-order chi connectivity index (χ0) is 21.5. The quantitative estimate of drug-likeness (QED) is 0.396. The van der Waals surface area contributed by atoms with E-state index in [0.717, 1.165) is 16.0 Å². The van der Waals surface area contributed by atoms with E-state index in [1.807, 2.05) is 48.5 Å². The van der Waals surface area contributed by atoms with E-state index in [4.69, 9.17) is 0 Å². The number of aliphatic hydroxyl groups is 1. The summed E-state index contributed by atoms with van der Waals surface area (Å²) >= 11 is 0. The van der Waals surface area contributed by atoms with Gasteiger partial charge in [0.15, 0.2) is 0 Å². The van der Waals surface area contributed by atoms with Gasteiger partial charge < -0.3 is 5.11 Å². The maximum Gasteiger partial charge on any atom is 0.271 e. The number of carbonyl (C=O) groups is 2. The Labute approximate surface area is 176 Å². The topological polar surface area (TPSA) is 101 Å². The van der Waals surface area contributed by atoms with Crippen molar-refractivity contribution in [2.75, 3.05) is 4.90 Å². The first-order valence-corrected chi connectivity index (χ1v) is 9.98. The van der Waals surface area contributed by atoms with Crippen molar-refractivity contribution in [2.45, 2.75) is 11.5 Å². The Bertz CT molecular complexity index is 1270. The molecule has 7 nitrogen and oxygen atoms in total. The lowest BCUT2D eigenvalue weighted by Crippen LogP contribution is -2.53. The third kappa shape index (κ3) is 2.06. The number of hydrogen-bond donors (Lipinski definition) is 1. The van der Waals surface area contributed by atoms with Gasteiger partial charge in [-0.2, -0.15) is 0 Å². The second-order valence-corrected chi connectivity index (χ2v) is 8.21. The fourth-order valence-corrected chi connectivity index (χ4v) is 5.73. The number of nitrogens with zero attached hydrogens (tertiary/aromatic N) is 2. The minimum Gasteiger partial charge on any atom is -0.379 e. The molecule has 0 saturated carbocycles. The molecule has 1 fully saturated rings. The molecule has 3 aliphatic carbocycles. The summed E-state index contributed by atoms with van der Waals surface area (Å²) in [6.45, 7) is 0. The molecule has 152 valence electrons. The van der Waals surface area contributed by atoms with Crippen molar-refractivity contribution in [3.8, 4) is 0 Å². The highest BCUT2D eigenvalue weighted by molar-refractivity contribution is 6.23. The van der Waals surface area contributed by atoms with Crippen LogP contribution in [0.3, 0.4) is 0 Å². The summed E-state index contributed by atoms with van der Waals surface area (Å²) in [5.41, 5.74) is 1.26. The minimum absolute atomic E-state index is 0.148. The van der Waals surface area contributed by atoms with Crippen molar-refractivity contribution < 1.29 is 19.6 Å². The van der Waals surface area contributed by atoms with Gasteiger partial charge in [0.1, 0.15) is 5.60 Å². The van der Waals surface area contributed by atoms with E-state index in [9.17, 15) is 24.8 Å². The molecule has 2 unspecified atom stereocenters. The molecule has 2 atom stereocenters. The summed E-state index contributed by atoms with van der Waals surface area (Å²) in [6.07, 6.45) is 0. The van der Waals surface area contributed by atoms with Crippen LogP contribution in [0.5, 0.6) is 0 Å². The molecule has 0 spiro atoms. The van der Waals surface area contributed by atoms with Crippen LogP contribution in [0.1, 0.15) is 28.2 Å². The van der Waals surface area contributed by atoms with Gasteiger partial charge in [-0.05, 0) is 28.3 Å². The maximum absolute atomic E-state index is 13.6. The number of amides is 2. The molecular formula is C24H16N2O5. The second-order valence-electron chi connectivity index (χ2n) is 8.21. The van der Waals surface area contributed by atoms with Gasteiger partial charge in [-0.15, -0.1) is 0 Å². The number of benzene rings is 3. The van der Waals surface area contributed by atoms with Gasteiger partial charge in [0.2, 0.25) is 11.8 Å². The third-order valence-corrected chi connectivity index (χ3v) is 6.87. The van der Waals surface area contributed by atoms with Crippen LogP contribution in [0.2, 0.25) is 0 Å². The van der Waals surface area contributed by atoms with Crippen LogP contribution in [-0.4, -0.2) is 21.8 Å². The SMILES string of the molecule is O=C1C2C3c4ccccc4C(O)(c4ccccc43)C2C(=O)N1c1cccc([N+](=O)[O-])c1. The number of nitro benzene ring substituents is 1. The summed E-state index contributed by atoms with van der Waals surface area (Å²) < 4.78 is 0. The molecule has 1 heterocycles. The van der Waals surface area contributed by atoms with Gasteiger partial charge in [0.05, 0.1) is 22.4 Å². The van der Waals surface area contributed by atoms with E-state index in [1.54, 1.807) is 0 Å². The molecular weight excluding hydrogens is 396 g/mol. The number of anilines is 1. The molecule has 3 aromatic rings. The van der Waals surface area contributed by atoms with Crippen LogP contribution in [0, 0.1) is 22.0 Å². The average molecular weight is 412 g/mol. The zero-order valence-electron chi connectivity index (χ0n) is 16.1. The minimum atomic E-state index is -1.64. The highest BCUT2D eigenvalue weighted by atomic mass is 16.6. The Hall–Kier alpha value is -3.84. The van der Waals surface area contributed by atoms with Crippen LogP contribution < -0.4 is 4.90 Å². The number of rotatable bonds is 2. The predicted octanol–water partition coefficient (Wildman–Crippen LogP) is 3.10. The molecule has 3 aromatic carbocycles. The smallest absolute Gasteiger partial charge is 0.271 e. The first-order valence-electron chi connectivity index (χ1n) is 9.98. The van der Waals surface area contributed by atoms with E-state index >= 15 is 0 Å². The zero-order valence-corrected chi connectivity index (χ0v) is 16.1. The van der Waals surface area contributed by atoms with Crippen molar-refractivity contribution in [3.63, 3.8) is 0 Å². The van der Waals surface area contributed by atoms with E-state index < -0.39 is 34.2 Å². The molecule has 7 heteroatoms. The summed E-state index contributed by atoms with van der Waals surface area (Å²) in [5, 5.41) is 23.3.